The van der Waals surface area contributed by atoms with E-state index in [0.29, 0.717) is 12.4 Å². The van der Waals surface area contributed by atoms with Crippen LogP contribution in [0.15, 0.2) is 17.3 Å². The van der Waals surface area contributed by atoms with Crippen LogP contribution in [-0.2, 0) is 6.54 Å². The lowest BCUT2D eigenvalue weighted by atomic mass is 10.4. The largest absolute Gasteiger partial charge is 0.368 e. The lowest BCUT2D eigenvalue weighted by Crippen LogP contribution is -2.28. The van der Waals surface area contributed by atoms with Gasteiger partial charge in [-0.25, -0.2) is 20.4 Å². The van der Waals surface area contributed by atoms with Crippen LogP contribution < -0.4 is 11.2 Å². The van der Waals surface area contributed by atoms with Crippen molar-refractivity contribution >= 4 is 5.96 Å². The highest BCUT2D eigenvalue weighted by atomic mass is 16.5. The Bertz CT molecular complexity index is 312. The fourth-order valence-corrected chi connectivity index (χ4v) is 0.795. The van der Waals surface area contributed by atoms with Gasteiger partial charge in [-0.1, -0.05) is 0 Å². The van der Waals surface area contributed by atoms with Gasteiger partial charge in [0.25, 0.3) is 0 Å². The van der Waals surface area contributed by atoms with Gasteiger partial charge in [0, 0.05) is 6.20 Å². The summed E-state index contributed by atoms with van der Waals surface area (Å²) < 4.78 is 0. The summed E-state index contributed by atoms with van der Waals surface area (Å²) in [5, 5.41) is 8.33. The van der Waals surface area contributed by atoms with E-state index >= 15 is 0 Å². The van der Waals surface area contributed by atoms with Gasteiger partial charge in [-0.15, -0.1) is 0 Å². The second kappa shape index (κ2) is 4.36. The molecule has 0 spiro atoms. The van der Waals surface area contributed by atoms with Gasteiger partial charge in [-0.3, -0.25) is 5.21 Å². The third-order valence-corrected chi connectivity index (χ3v) is 1.36. The molecule has 0 atom stereocenters. The van der Waals surface area contributed by atoms with E-state index in [0.717, 1.165) is 5.69 Å². The third-order valence-electron chi connectivity index (χ3n) is 1.36. The summed E-state index contributed by atoms with van der Waals surface area (Å²) in [5.41, 5.74) is 7.69. The van der Waals surface area contributed by atoms with Crippen molar-refractivity contribution in [2.24, 2.45) is 10.7 Å². The molecule has 0 aromatic carbocycles. The SMILES string of the molecule is Cc1nccc(CN=C(N)NO)n1. The number of nitrogens with two attached hydrogens (primary N) is 1. The monoisotopic (exact) mass is 181 g/mol. The van der Waals surface area contributed by atoms with Crippen molar-refractivity contribution in [3.05, 3.63) is 23.8 Å². The van der Waals surface area contributed by atoms with E-state index in [9.17, 15) is 0 Å². The number of rotatable bonds is 2. The van der Waals surface area contributed by atoms with E-state index < -0.39 is 0 Å². The summed E-state index contributed by atoms with van der Waals surface area (Å²) in [7, 11) is 0. The lowest BCUT2D eigenvalue weighted by molar-refractivity contribution is 0.232. The van der Waals surface area contributed by atoms with Gasteiger partial charge in [0.05, 0.1) is 12.2 Å². The standard InChI is InChI=1S/C7H11N5O/c1-5-9-3-2-6(11-5)4-10-7(8)12-13/h2-3,13H,4H2,1H3,(H3,8,10,12). The maximum absolute atomic E-state index is 8.33. The number of nitrogens with zero attached hydrogens (tertiary/aromatic N) is 3. The summed E-state index contributed by atoms with van der Waals surface area (Å²) in [6.45, 7) is 2.11. The summed E-state index contributed by atoms with van der Waals surface area (Å²) in [6.07, 6.45) is 1.65. The zero-order valence-corrected chi connectivity index (χ0v) is 7.23. The average molecular weight is 181 g/mol. The van der Waals surface area contributed by atoms with Crippen LogP contribution in [0.1, 0.15) is 11.5 Å². The van der Waals surface area contributed by atoms with Crippen LogP contribution in [0.4, 0.5) is 0 Å². The van der Waals surface area contributed by atoms with Crippen LogP contribution in [0.25, 0.3) is 0 Å². The van der Waals surface area contributed by atoms with Crippen molar-refractivity contribution in [3.8, 4) is 0 Å². The molecule has 1 rings (SSSR count). The van der Waals surface area contributed by atoms with Crippen molar-refractivity contribution in [1.82, 2.24) is 15.4 Å². The van der Waals surface area contributed by atoms with Crippen molar-refractivity contribution in [3.63, 3.8) is 0 Å². The van der Waals surface area contributed by atoms with E-state index in [2.05, 4.69) is 15.0 Å². The van der Waals surface area contributed by atoms with Gasteiger partial charge in [-0.05, 0) is 13.0 Å². The second-order valence-corrected chi connectivity index (χ2v) is 2.41. The second-order valence-electron chi connectivity index (χ2n) is 2.41. The normalized spacial score (nSPS) is 11.4. The summed E-state index contributed by atoms with van der Waals surface area (Å²) in [4.78, 5) is 11.8. The Kier molecular flexibility index (Phi) is 3.15. The zero-order valence-electron chi connectivity index (χ0n) is 7.23. The molecule has 0 bridgehead atoms. The molecule has 0 aliphatic heterocycles. The summed E-state index contributed by atoms with van der Waals surface area (Å²) in [6, 6.07) is 1.74. The minimum atomic E-state index is -0.0312. The van der Waals surface area contributed by atoms with Gasteiger partial charge in [0.15, 0.2) is 0 Å². The number of aromatic nitrogens is 2. The van der Waals surface area contributed by atoms with Gasteiger partial charge < -0.3 is 5.73 Å². The molecule has 70 valence electrons. The van der Waals surface area contributed by atoms with E-state index in [-0.39, 0.29) is 5.96 Å². The number of aliphatic imine (C=N–C) groups is 1. The van der Waals surface area contributed by atoms with E-state index in [1.165, 1.54) is 0 Å². The van der Waals surface area contributed by atoms with Crippen LogP contribution in [0.5, 0.6) is 0 Å². The number of hydrogen-bond acceptors (Lipinski definition) is 4. The Labute approximate surface area is 75.5 Å². The van der Waals surface area contributed by atoms with E-state index in [4.69, 9.17) is 10.9 Å². The minimum Gasteiger partial charge on any atom is -0.368 e. The van der Waals surface area contributed by atoms with E-state index in [1.807, 2.05) is 0 Å². The number of guanidine groups is 1. The first-order valence-electron chi connectivity index (χ1n) is 3.71. The maximum Gasteiger partial charge on any atom is 0.213 e. The molecule has 0 aliphatic rings. The zero-order chi connectivity index (χ0) is 9.68. The molecule has 0 fully saturated rings. The molecule has 1 heterocycles. The molecule has 0 amide bonds. The highest BCUT2D eigenvalue weighted by Crippen LogP contribution is 1.95. The first-order valence-corrected chi connectivity index (χ1v) is 3.71. The Balaban J connectivity index is 2.64. The van der Waals surface area contributed by atoms with Crippen molar-refractivity contribution in [2.75, 3.05) is 0 Å². The molecular formula is C7H11N5O. The molecule has 13 heavy (non-hydrogen) atoms. The van der Waals surface area contributed by atoms with Crippen LogP contribution in [0.3, 0.4) is 0 Å². The van der Waals surface area contributed by atoms with Gasteiger partial charge in [-0.2, -0.15) is 0 Å². The fourth-order valence-electron chi connectivity index (χ4n) is 0.795. The number of nitrogens with one attached hydrogen (secondary N) is 1. The molecule has 6 nitrogen and oxygen atoms in total. The van der Waals surface area contributed by atoms with Crippen LogP contribution in [0, 0.1) is 6.92 Å². The van der Waals surface area contributed by atoms with Crippen molar-refractivity contribution in [1.29, 1.82) is 0 Å². The predicted octanol–water partition coefficient (Wildman–Crippen LogP) is -0.421. The minimum absolute atomic E-state index is 0.0312. The number of hydroxylamine groups is 1. The fraction of sp³-hybridized carbons (Fsp3) is 0.286. The molecule has 0 saturated heterocycles. The molecular weight excluding hydrogens is 170 g/mol. The predicted molar refractivity (Wildman–Crippen MR) is 47.0 cm³/mol. The average Bonchev–Trinajstić information content (AvgIpc) is 2.14. The molecule has 0 unspecified atom stereocenters. The summed E-state index contributed by atoms with van der Waals surface area (Å²) in [5.74, 6) is 0.652. The molecule has 0 aliphatic carbocycles. The topological polar surface area (TPSA) is 96.4 Å². The maximum atomic E-state index is 8.33. The Morgan fingerprint density at radius 2 is 2.54 bits per heavy atom. The highest BCUT2D eigenvalue weighted by molar-refractivity contribution is 5.76. The first kappa shape index (κ1) is 9.40. The van der Waals surface area contributed by atoms with E-state index in [1.54, 1.807) is 24.7 Å². The van der Waals surface area contributed by atoms with Gasteiger partial charge >= 0.3 is 0 Å². The highest BCUT2D eigenvalue weighted by Gasteiger charge is 1.94. The Morgan fingerprint density at radius 1 is 1.77 bits per heavy atom. The third kappa shape index (κ3) is 3.04. The van der Waals surface area contributed by atoms with Crippen LogP contribution in [0.2, 0.25) is 0 Å². The number of hydrogen-bond donors (Lipinski definition) is 3. The Hall–Kier alpha value is -1.69. The molecule has 0 saturated carbocycles. The van der Waals surface area contributed by atoms with Gasteiger partial charge in [0.2, 0.25) is 5.96 Å². The molecule has 6 heteroatoms. The van der Waals surface area contributed by atoms with Crippen LogP contribution in [-0.4, -0.2) is 21.1 Å². The van der Waals surface area contributed by atoms with Crippen LogP contribution >= 0.6 is 0 Å². The summed E-state index contributed by atoms with van der Waals surface area (Å²) >= 11 is 0. The molecule has 0 radical (unpaired) electrons. The van der Waals surface area contributed by atoms with Gasteiger partial charge in [0.1, 0.15) is 5.82 Å². The molecule has 4 N–H and O–H groups in total. The smallest absolute Gasteiger partial charge is 0.213 e. The first-order chi connectivity index (χ1) is 6.22. The quantitative estimate of drug-likeness (QED) is 0.327. The van der Waals surface area contributed by atoms with Crippen molar-refractivity contribution in [2.45, 2.75) is 13.5 Å². The number of aryl methyl sites for hydroxylation is 1. The Morgan fingerprint density at radius 3 is 3.15 bits per heavy atom. The van der Waals surface area contributed by atoms with Crippen molar-refractivity contribution < 1.29 is 5.21 Å². The molecule has 1 aromatic rings. The molecule has 1 aromatic heterocycles. The lowest BCUT2D eigenvalue weighted by Gasteiger charge is -1.98.